The van der Waals surface area contributed by atoms with Crippen LogP contribution in [0, 0.1) is 34.6 Å². The van der Waals surface area contributed by atoms with Crippen LogP contribution >= 0.6 is 0 Å². The fraction of sp³-hybridized carbons (Fsp3) is 0.263. The Hall–Kier alpha value is -1.96. The SMILES string of the molecule is BOc1cc(C)c(C=Cc2c(C)cc(C)cc2C)c(C)c1. The lowest BCUT2D eigenvalue weighted by Gasteiger charge is -2.11. The van der Waals surface area contributed by atoms with Gasteiger partial charge in [-0.15, -0.1) is 0 Å². The van der Waals surface area contributed by atoms with E-state index in [4.69, 9.17) is 4.65 Å². The minimum absolute atomic E-state index is 0.921. The quantitative estimate of drug-likeness (QED) is 0.600. The molecule has 2 aromatic rings. The molecule has 0 amide bonds. The Morgan fingerprint density at radius 1 is 0.714 bits per heavy atom. The molecule has 0 saturated heterocycles. The van der Waals surface area contributed by atoms with Crippen molar-refractivity contribution in [3.63, 3.8) is 0 Å². The molecule has 0 radical (unpaired) electrons. The van der Waals surface area contributed by atoms with Crippen molar-refractivity contribution in [2.45, 2.75) is 34.6 Å². The highest BCUT2D eigenvalue weighted by Gasteiger charge is 2.04. The van der Waals surface area contributed by atoms with Crippen molar-refractivity contribution in [2.24, 2.45) is 0 Å². The summed E-state index contributed by atoms with van der Waals surface area (Å²) in [5.74, 6) is 0.921. The van der Waals surface area contributed by atoms with Crippen LogP contribution < -0.4 is 4.65 Å². The average molecular weight is 278 g/mol. The monoisotopic (exact) mass is 278 g/mol. The third-order valence-corrected chi connectivity index (χ3v) is 3.96. The molecule has 0 heterocycles. The Morgan fingerprint density at radius 3 is 1.48 bits per heavy atom. The average Bonchev–Trinajstić information content (AvgIpc) is 2.39. The number of aryl methyl sites for hydroxylation is 5. The van der Waals surface area contributed by atoms with E-state index in [0.29, 0.717) is 0 Å². The van der Waals surface area contributed by atoms with Gasteiger partial charge in [0.25, 0.3) is 0 Å². The summed E-state index contributed by atoms with van der Waals surface area (Å²) in [6, 6.07) is 8.64. The molecule has 0 N–H and O–H groups in total. The predicted octanol–water partition coefficient (Wildman–Crippen LogP) is 4.33. The van der Waals surface area contributed by atoms with Crippen molar-refractivity contribution >= 4 is 20.2 Å². The van der Waals surface area contributed by atoms with Crippen molar-refractivity contribution < 1.29 is 4.65 Å². The molecule has 0 aliphatic rings. The highest BCUT2D eigenvalue weighted by Crippen LogP contribution is 2.25. The maximum atomic E-state index is 5.32. The first-order valence-electron chi connectivity index (χ1n) is 7.33. The standard InChI is InChI=1S/C19H23BO/c1-12-8-13(2)18(14(3)9-12)6-7-19-15(4)10-17(21-20)11-16(19)5/h6-11H,20H2,1-5H3. The zero-order valence-corrected chi connectivity index (χ0v) is 13.9. The fourth-order valence-electron chi connectivity index (χ4n) is 2.94. The van der Waals surface area contributed by atoms with Gasteiger partial charge in [-0.3, -0.25) is 0 Å². The van der Waals surface area contributed by atoms with Gasteiger partial charge in [0, 0.05) is 0 Å². The van der Waals surface area contributed by atoms with Gasteiger partial charge in [-0.25, -0.2) is 0 Å². The molecule has 2 heteroatoms. The lowest BCUT2D eigenvalue weighted by atomic mass is 9.96. The van der Waals surface area contributed by atoms with E-state index in [0.717, 1.165) is 5.75 Å². The molecule has 0 aliphatic heterocycles. The minimum atomic E-state index is 0.921. The Bertz CT molecular complexity index is 653. The normalized spacial score (nSPS) is 11.1. The molecule has 0 aliphatic carbocycles. The van der Waals surface area contributed by atoms with Crippen molar-refractivity contribution in [2.75, 3.05) is 0 Å². The van der Waals surface area contributed by atoms with Crippen molar-refractivity contribution in [3.05, 3.63) is 63.2 Å². The van der Waals surface area contributed by atoms with Crippen LogP contribution in [0.4, 0.5) is 0 Å². The van der Waals surface area contributed by atoms with Gasteiger partial charge in [0.1, 0.15) is 0 Å². The highest BCUT2D eigenvalue weighted by molar-refractivity contribution is 6.00. The summed E-state index contributed by atoms with van der Waals surface area (Å²) >= 11 is 0. The van der Waals surface area contributed by atoms with Gasteiger partial charge >= 0.3 is 8.05 Å². The summed E-state index contributed by atoms with van der Waals surface area (Å²) in [5, 5.41) is 0. The van der Waals surface area contributed by atoms with Crippen LogP contribution in [-0.2, 0) is 0 Å². The third-order valence-electron chi connectivity index (χ3n) is 3.96. The molecule has 1 nitrogen and oxygen atoms in total. The molecule has 0 saturated carbocycles. The summed E-state index contributed by atoms with van der Waals surface area (Å²) < 4.78 is 5.32. The van der Waals surface area contributed by atoms with E-state index < -0.39 is 0 Å². The van der Waals surface area contributed by atoms with Gasteiger partial charge in [0.05, 0.1) is 5.75 Å². The van der Waals surface area contributed by atoms with Crippen LogP contribution in [-0.4, -0.2) is 8.05 Å². The first-order valence-corrected chi connectivity index (χ1v) is 7.33. The maximum Gasteiger partial charge on any atom is 0.322 e. The second-order valence-corrected chi connectivity index (χ2v) is 5.82. The second-order valence-electron chi connectivity index (χ2n) is 5.82. The molecule has 0 unspecified atom stereocenters. The topological polar surface area (TPSA) is 9.23 Å². The van der Waals surface area contributed by atoms with Crippen LogP contribution in [0.2, 0.25) is 0 Å². The van der Waals surface area contributed by atoms with E-state index in [-0.39, 0.29) is 0 Å². The Balaban J connectivity index is 2.43. The molecule has 2 aromatic carbocycles. The van der Waals surface area contributed by atoms with Crippen molar-refractivity contribution in [1.82, 2.24) is 0 Å². The fourth-order valence-corrected chi connectivity index (χ4v) is 2.94. The molecule has 0 spiro atoms. The summed E-state index contributed by atoms with van der Waals surface area (Å²) in [6.07, 6.45) is 4.45. The summed E-state index contributed by atoms with van der Waals surface area (Å²) in [4.78, 5) is 0. The number of benzene rings is 2. The molecule has 0 fully saturated rings. The first kappa shape index (κ1) is 15.4. The highest BCUT2D eigenvalue weighted by atomic mass is 16.4. The van der Waals surface area contributed by atoms with E-state index in [9.17, 15) is 0 Å². The number of hydrogen-bond acceptors (Lipinski definition) is 1. The van der Waals surface area contributed by atoms with Crippen LogP contribution in [0.3, 0.4) is 0 Å². The lowest BCUT2D eigenvalue weighted by Crippen LogP contribution is -1.92. The van der Waals surface area contributed by atoms with Crippen molar-refractivity contribution in [1.29, 1.82) is 0 Å². The van der Waals surface area contributed by atoms with Crippen LogP contribution in [0.15, 0.2) is 24.3 Å². The lowest BCUT2D eigenvalue weighted by molar-refractivity contribution is 0.614. The van der Waals surface area contributed by atoms with E-state index in [2.05, 4.69) is 71.0 Å². The van der Waals surface area contributed by atoms with Crippen LogP contribution in [0.25, 0.3) is 12.2 Å². The second kappa shape index (κ2) is 6.21. The molecular formula is C19H23BO. The van der Waals surface area contributed by atoms with Crippen molar-refractivity contribution in [3.8, 4) is 5.75 Å². The zero-order valence-electron chi connectivity index (χ0n) is 13.9. The summed E-state index contributed by atoms with van der Waals surface area (Å²) in [5.41, 5.74) is 9.04. The number of rotatable bonds is 3. The van der Waals surface area contributed by atoms with E-state index in [1.807, 2.05) is 0 Å². The van der Waals surface area contributed by atoms with Gasteiger partial charge in [0.15, 0.2) is 0 Å². The molecule has 21 heavy (non-hydrogen) atoms. The molecule has 0 atom stereocenters. The molecule has 0 bridgehead atoms. The molecular weight excluding hydrogens is 255 g/mol. The minimum Gasteiger partial charge on any atom is -0.568 e. The van der Waals surface area contributed by atoms with Gasteiger partial charge in [-0.05, 0) is 80.1 Å². The molecule has 0 aromatic heterocycles. The van der Waals surface area contributed by atoms with Crippen LogP contribution in [0.5, 0.6) is 5.75 Å². The Morgan fingerprint density at radius 2 is 1.10 bits per heavy atom. The van der Waals surface area contributed by atoms with E-state index in [1.54, 1.807) is 8.05 Å². The van der Waals surface area contributed by atoms with E-state index in [1.165, 1.54) is 38.9 Å². The van der Waals surface area contributed by atoms with Gasteiger partial charge in [-0.1, -0.05) is 29.8 Å². The predicted molar refractivity (Wildman–Crippen MR) is 94.7 cm³/mol. The largest absolute Gasteiger partial charge is 0.568 e. The molecule has 108 valence electrons. The summed E-state index contributed by atoms with van der Waals surface area (Å²) in [7, 11) is 1.71. The third kappa shape index (κ3) is 3.39. The zero-order chi connectivity index (χ0) is 15.6. The smallest absolute Gasteiger partial charge is 0.322 e. The molecule has 2 rings (SSSR count). The Labute approximate surface area is 129 Å². The maximum absolute atomic E-state index is 5.32. The van der Waals surface area contributed by atoms with Crippen LogP contribution in [0.1, 0.15) is 38.9 Å². The number of hydrogen-bond donors (Lipinski definition) is 0. The van der Waals surface area contributed by atoms with E-state index >= 15 is 0 Å². The Kier molecular flexibility index (Phi) is 4.57. The first-order chi connectivity index (χ1) is 9.92. The van der Waals surface area contributed by atoms with Gasteiger partial charge in [-0.2, -0.15) is 0 Å². The summed E-state index contributed by atoms with van der Waals surface area (Å²) in [6.45, 7) is 10.8. The van der Waals surface area contributed by atoms with Gasteiger partial charge in [0.2, 0.25) is 0 Å². The van der Waals surface area contributed by atoms with Gasteiger partial charge < -0.3 is 4.65 Å².